The van der Waals surface area contributed by atoms with Crippen LogP contribution in [-0.4, -0.2) is 20.1 Å². The maximum atomic E-state index is 12.0. The van der Waals surface area contributed by atoms with Crippen LogP contribution in [0.5, 0.6) is 0 Å². The molecule has 0 saturated heterocycles. The van der Waals surface area contributed by atoms with E-state index >= 15 is 0 Å². The van der Waals surface area contributed by atoms with E-state index in [9.17, 15) is 4.79 Å². The molecule has 2 rings (SSSR count). The van der Waals surface area contributed by atoms with E-state index in [4.69, 9.17) is 27.9 Å². The molecular weight excluding hydrogens is 309 g/mol. The standard InChI is InChI=1S/C16H15Cl2NO2/c1-19(2)13-5-3-4-12(9-13)16(20)21-10-11-6-7-14(17)15(18)8-11/h3-9H,10H2,1-2H3. The molecule has 0 heterocycles. The Kier molecular flexibility index (Phi) is 5.10. The Morgan fingerprint density at radius 2 is 1.86 bits per heavy atom. The first kappa shape index (κ1) is 15.7. The van der Waals surface area contributed by atoms with Crippen LogP contribution in [0.3, 0.4) is 0 Å². The molecule has 0 aliphatic rings. The summed E-state index contributed by atoms with van der Waals surface area (Å²) in [5.41, 5.74) is 2.25. The largest absolute Gasteiger partial charge is 0.457 e. The summed E-state index contributed by atoms with van der Waals surface area (Å²) in [5, 5.41) is 0.922. The van der Waals surface area contributed by atoms with E-state index < -0.39 is 0 Å². The van der Waals surface area contributed by atoms with Gasteiger partial charge in [0.1, 0.15) is 6.61 Å². The summed E-state index contributed by atoms with van der Waals surface area (Å²) in [6.45, 7) is 0.155. The predicted molar refractivity (Wildman–Crippen MR) is 86.4 cm³/mol. The third-order valence-electron chi connectivity index (χ3n) is 2.95. The van der Waals surface area contributed by atoms with Crippen LogP contribution in [-0.2, 0) is 11.3 Å². The van der Waals surface area contributed by atoms with Crippen LogP contribution in [0.15, 0.2) is 42.5 Å². The molecule has 0 amide bonds. The lowest BCUT2D eigenvalue weighted by molar-refractivity contribution is 0.0473. The number of rotatable bonds is 4. The molecule has 0 saturated carbocycles. The molecule has 0 aliphatic carbocycles. The highest BCUT2D eigenvalue weighted by molar-refractivity contribution is 6.42. The van der Waals surface area contributed by atoms with Gasteiger partial charge in [-0.3, -0.25) is 0 Å². The number of carbonyl (C=O) groups is 1. The van der Waals surface area contributed by atoms with Crippen molar-refractivity contribution >= 4 is 34.9 Å². The van der Waals surface area contributed by atoms with Crippen LogP contribution in [0.1, 0.15) is 15.9 Å². The monoisotopic (exact) mass is 323 g/mol. The van der Waals surface area contributed by atoms with Gasteiger partial charge in [0.25, 0.3) is 0 Å². The number of halogens is 2. The summed E-state index contributed by atoms with van der Waals surface area (Å²) < 4.78 is 5.28. The van der Waals surface area contributed by atoms with Crippen LogP contribution in [0, 0.1) is 0 Å². The molecule has 0 N–H and O–H groups in total. The molecule has 0 fully saturated rings. The smallest absolute Gasteiger partial charge is 0.338 e. The lowest BCUT2D eigenvalue weighted by Crippen LogP contribution is -2.11. The minimum atomic E-state index is -0.371. The van der Waals surface area contributed by atoms with Crippen molar-refractivity contribution in [3.8, 4) is 0 Å². The van der Waals surface area contributed by atoms with Crippen molar-refractivity contribution in [2.45, 2.75) is 6.61 Å². The molecule has 21 heavy (non-hydrogen) atoms. The van der Waals surface area contributed by atoms with Gasteiger partial charge in [-0.1, -0.05) is 35.3 Å². The van der Waals surface area contributed by atoms with Gasteiger partial charge in [0.15, 0.2) is 0 Å². The molecule has 110 valence electrons. The molecule has 0 radical (unpaired) electrons. The molecule has 3 nitrogen and oxygen atoms in total. The normalized spacial score (nSPS) is 10.3. The van der Waals surface area contributed by atoms with Crippen LogP contribution in [0.4, 0.5) is 5.69 Å². The quantitative estimate of drug-likeness (QED) is 0.780. The molecule has 0 unspecified atom stereocenters. The second-order valence-electron chi connectivity index (χ2n) is 4.77. The Labute approximate surface area is 134 Å². The van der Waals surface area contributed by atoms with E-state index in [1.54, 1.807) is 30.3 Å². The van der Waals surface area contributed by atoms with Crippen molar-refractivity contribution in [3.05, 3.63) is 63.6 Å². The van der Waals surface area contributed by atoms with Crippen LogP contribution >= 0.6 is 23.2 Å². The number of carbonyl (C=O) groups excluding carboxylic acids is 1. The highest BCUT2D eigenvalue weighted by Gasteiger charge is 2.09. The third kappa shape index (κ3) is 4.13. The van der Waals surface area contributed by atoms with E-state index in [2.05, 4.69) is 0 Å². The van der Waals surface area contributed by atoms with Crippen LogP contribution < -0.4 is 4.90 Å². The summed E-state index contributed by atoms with van der Waals surface area (Å²) in [6, 6.07) is 12.4. The number of ether oxygens (including phenoxy) is 1. The SMILES string of the molecule is CN(C)c1cccc(C(=O)OCc2ccc(Cl)c(Cl)c2)c1. The number of benzene rings is 2. The average molecular weight is 324 g/mol. The molecular formula is C16H15Cl2NO2. The Balaban J connectivity index is 2.04. The molecule has 2 aromatic carbocycles. The molecule has 0 spiro atoms. The van der Waals surface area contributed by atoms with E-state index in [-0.39, 0.29) is 12.6 Å². The van der Waals surface area contributed by atoms with Crippen molar-refractivity contribution in [2.24, 2.45) is 0 Å². The van der Waals surface area contributed by atoms with Gasteiger partial charge in [0, 0.05) is 19.8 Å². The summed E-state index contributed by atoms with van der Waals surface area (Å²) in [6.07, 6.45) is 0. The average Bonchev–Trinajstić information content (AvgIpc) is 2.48. The Bertz CT molecular complexity index is 656. The Morgan fingerprint density at radius 3 is 2.52 bits per heavy atom. The van der Waals surface area contributed by atoms with Crippen molar-refractivity contribution in [1.29, 1.82) is 0 Å². The maximum Gasteiger partial charge on any atom is 0.338 e. The minimum Gasteiger partial charge on any atom is -0.457 e. The fourth-order valence-corrected chi connectivity index (χ4v) is 2.09. The van der Waals surface area contributed by atoms with Gasteiger partial charge in [0.05, 0.1) is 15.6 Å². The van der Waals surface area contributed by atoms with Crippen molar-refractivity contribution in [1.82, 2.24) is 0 Å². The summed E-state index contributed by atoms with van der Waals surface area (Å²) in [5.74, 6) is -0.371. The van der Waals surface area contributed by atoms with Gasteiger partial charge in [-0.15, -0.1) is 0 Å². The molecule has 0 aliphatic heterocycles. The number of nitrogens with zero attached hydrogens (tertiary/aromatic N) is 1. The number of anilines is 1. The van der Waals surface area contributed by atoms with E-state index in [0.717, 1.165) is 11.3 Å². The second-order valence-corrected chi connectivity index (χ2v) is 5.58. The van der Waals surface area contributed by atoms with Crippen molar-refractivity contribution in [2.75, 3.05) is 19.0 Å². The van der Waals surface area contributed by atoms with Gasteiger partial charge < -0.3 is 9.64 Å². The zero-order valence-electron chi connectivity index (χ0n) is 11.8. The molecule has 0 bridgehead atoms. The van der Waals surface area contributed by atoms with E-state index in [1.807, 2.05) is 31.1 Å². The Morgan fingerprint density at radius 1 is 1.10 bits per heavy atom. The topological polar surface area (TPSA) is 29.5 Å². The first-order valence-electron chi connectivity index (χ1n) is 6.36. The van der Waals surface area contributed by atoms with Crippen molar-refractivity contribution in [3.63, 3.8) is 0 Å². The van der Waals surface area contributed by atoms with Crippen LogP contribution in [0.25, 0.3) is 0 Å². The van der Waals surface area contributed by atoms with Crippen LogP contribution in [0.2, 0.25) is 10.0 Å². The highest BCUT2D eigenvalue weighted by atomic mass is 35.5. The second kappa shape index (κ2) is 6.83. The fourth-order valence-electron chi connectivity index (χ4n) is 1.77. The molecule has 0 aromatic heterocycles. The van der Waals surface area contributed by atoms with Gasteiger partial charge in [-0.05, 0) is 35.9 Å². The molecule has 0 atom stereocenters. The predicted octanol–water partition coefficient (Wildman–Crippen LogP) is 4.42. The van der Waals surface area contributed by atoms with Gasteiger partial charge in [-0.2, -0.15) is 0 Å². The van der Waals surface area contributed by atoms with Crippen molar-refractivity contribution < 1.29 is 9.53 Å². The first-order chi connectivity index (χ1) is 9.97. The van der Waals surface area contributed by atoms with Gasteiger partial charge in [0.2, 0.25) is 0 Å². The maximum absolute atomic E-state index is 12.0. The number of hydrogen-bond acceptors (Lipinski definition) is 3. The fraction of sp³-hybridized carbons (Fsp3) is 0.188. The molecule has 5 heteroatoms. The third-order valence-corrected chi connectivity index (χ3v) is 3.69. The zero-order chi connectivity index (χ0) is 15.4. The summed E-state index contributed by atoms with van der Waals surface area (Å²) in [4.78, 5) is 14.0. The minimum absolute atomic E-state index is 0.155. The Hall–Kier alpha value is -1.71. The van der Waals surface area contributed by atoms with E-state index in [0.29, 0.717) is 15.6 Å². The lowest BCUT2D eigenvalue weighted by Gasteiger charge is -2.13. The summed E-state index contributed by atoms with van der Waals surface area (Å²) in [7, 11) is 3.83. The van der Waals surface area contributed by atoms with Gasteiger partial charge >= 0.3 is 5.97 Å². The van der Waals surface area contributed by atoms with Gasteiger partial charge in [-0.25, -0.2) is 4.79 Å². The highest BCUT2D eigenvalue weighted by Crippen LogP contribution is 2.23. The number of esters is 1. The number of hydrogen-bond donors (Lipinski definition) is 0. The lowest BCUT2D eigenvalue weighted by atomic mass is 10.2. The zero-order valence-corrected chi connectivity index (χ0v) is 13.3. The van der Waals surface area contributed by atoms with E-state index in [1.165, 1.54) is 0 Å². The summed E-state index contributed by atoms with van der Waals surface area (Å²) >= 11 is 11.8. The first-order valence-corrected chi connectivity index (χ1v) is 7.11. The molecule has 2 aromatic rings.